The van der Waals surface area contributed by atoms with Crippen molar-refractivity contribution < 1.29 is 19.2 Å². The number of ether oxygens (including phenoxy) is 2. The minimum absolute atomic E-state index is 0.0957. The highest BCUT2D eigenvalue weighted by Crippen LogP contribution is 2.31. The van der Waals surface area contributed by atoms with Crippen LogP contribution in [0.4, 0.5) is 5.69 Å². The van der Waals surface area contributed by atoms with Crippen LogP contribution in [-0.2, 0) is 4.79 Å². The molecule has 0 unspecified atom stereocenters. The van der Waals surface area contributed by atoms with Gasteiger partial charge < -0.3 is 14.8 Å². The van der Waals surface area contributed by atoms with E-state index in [2.05, 4.69) is 11.4 Å². The molecule has 29 heavy (non-hydrogen) atoms. The Morgan fingerprint density at radius 3 is 2.45 bits per heavy atom. The summed E-state index contributed by atoms with van der Waals surface area (Å²) in [6, 6.07) is 10.2. The van der Waals surface area contributed by atoms with Gasteiger partial charge in [0, 0.05) is 17.7 Å². The largest absolute Gasteiger partial charge is 0.490 e. The average molecular weight is 431 g/mol. The van der Waals surface area contributed by atoms with E-state index in [1.165, 1.54) is 24.3 Å². The molecule has 1 aliphatic rings. The van der Waals surface area contributed by atoms with Crippen molar-refractivity contribution in [1.29, 1.82) is 0 Å². The molecule has 0 aliphatic carbocycles. The van der Waals surface area contributed by atoms with E-state index in [4.69, 9.17) is 21.7 Å². The lowest BCUT2D eigenvalue weighted by Crippen LogP contribution is -2.17. The van der Waals surface area contributed by atoms with E-state index in [1.807, 2.05) is 26.0 Å². The van der Waals surface area contributed by atoms with Crippen molar-refractivity contribution in [3.63, 3.8) is 0 Å². The van der Waals surface area contributed by atoms with Gasteiger partial charge in [-0.25, -0.2) is 0 Å². The molecule has 1 heterocycles. The number of carbonyl (C=O) groups is 1. The van der Waals surface area contributed by atoms with Gasteiger partial charge in [-0.1, -0.05) is 30.0 Å². The number of nitrogens with one attached hydrogen (secondary N) is 1. The molecular weight excluding hydrogens is 412 g/mol. The van der Waals surface area contributed by atoms with Crippen LogP contribution in [0.15, 0.2) is 41.3 Å². The molecule has 9 heteroatoms. The van der Waals surface area contributed by atoms with E-state index in [0.717, 1.165) is 28.6 Å². The zero-order valence-electron chi connectivity index (χ0n) is 15.8. The molecule has 1 amide bonds. The number of thiocarbonyl (C=S) groups is 1. The Hall–Kier alpha value is -2.91. The minimum Gasteiger partial charge on any atom is -0.490 e. The van der Waals surface area contributed by atoms with E-state index in [9.17, 15) is 14.9 Å². The third kappa shape index (κ3) is 5.55. The number of benzene rings is 2. The molecule has 0 saturated carbocycles. The van der Waals surface area contributed by atoms with Crippen molar-refractivity contribution in [3.05, 3.63) is 68.1 Å². The monoisotopic (exact) mass is 430 g/mol. The summed E-state index contributed by atoms with van der Waals surface area (Å²) in [5.41, 5.74) is 2.54. The highest BCUT2D eigenvalue weighted by molar-refractivity contribution is 8.26. The van der Waals surface area contributed by atoms with Crippen LogP contribution >= 0.6 is 24.0 Å². The number of hydrogen-bond acceptors (Lipinski definition) is 7. The molecule has 2 aromatic carbocycles. The van der Waals surface area contributed by atoms with Crippen molar-refractivity contribution in [2.45, 2.75) is 13.8 Å². The number of amides is 1. The van der Waals surface area contributed by atoms with Crippen LogP contribution in [-0.4, -0.2) is 28.4 Å². The molecular formula is C20H18N2O5S2. The van der Waals surface area contributed by atoms with Gasteiger partial charge in [0.1, 0.15) is 29.0 Å². The van der Waals surface area contributed by atoms with E-state index < -0.39 is 4.92 Å². The highest BCUT2D eigenvalue weighted by atomic mass is 32.2. The third-order valence-electron chi connectivity index (χ3n) is 3.94. The molecule has 0 atom stereocenters. The van der Waals surface area contributed by atoms with E-state index in [1.54, 1.807) is 0 Å². The number of rotatable bonds is 7. The Labute approximate surface area is 177 Å². The second-order valence-electron chi connectivity index (χ2n) is 6.35. The first-order valence-corrected chi connectivity index (χ1v) is 9.91. The topological polar surface area (TPSA) is 90.7 Å². The van der Waals surface area contributed by atoms with Crippen molar-refractivity contribution in [3.8, 4) is 11.5 Å². The Balaban J connectivity index is 1.72. The average Bonchev–Trinajstić information content (AvgIpc) is 2.95. The van der Waals surface area contributed by atoms with Crippen LogP contribution in [0.25, 0.3) is 6.08 Å². The van der Waals surface area contributed by atoms with Gasteiger partial charge in [-0.2, -0.15) is 0 Å². The lowest BCUT2D eigenvalue weighted by atomic mass is 10.1. The number of carbonyl (C=O) groups excluding carboxylic acids is 1. The molecule has 1 fully saturated rings. The van der Waals surface area contributed by atoms with Crippen LogP contribution < -0.4 is 14.8 Å². The Morgan fingerprint density at radius 1 is 1.14 bits per heavy atom. The van der Waals surface area contributed by atoms with Gasteiger partial charge >= 0.3 is 0 Å². The van der Waals surface area contributed by atoms with Gasteiger partial charge in [0.05, 0.1) is 9.83 Å². The van der Waals surface area contributed by atoms with Gasteiger partial charge in [0.15, 0.2) is 0 Å². The fraction of sp³-hybridized carbons (Fsp3) is 0.200. The van der Waals surface area contributed by atoms with E-state index in [0.29, 0.717) is 27.1 Å². The summed E-state index contributed by atoms with van der Waals surface area (Å²) in [4.78, 5) is 22.9. The van der Waals surface area contributed by atoms with Gasteiger partial charge in [-0.3, -0.25) is 14.9 Å². The first-order valence-electron chi connectivity index (χ1n) is 8.69. The first kappa shape index (κ1) is 20.8. The van der Waals surface area contributed by atoms with Crippen LogP contribution in [0.2, 0.25) is 0 Å². The maximum Gasteiger partial charge on any atom is 0.270 e. The Bertz CT molecular complexity index is 1000. The van der Waals surface area contributed by atoms with Crippen molar-refractivity contribution in [2.24, 2.45) is 0 Å². The first-order chi connectivity index (χ1) is 13.8. The summed E-state index contributed by atoms with van der Waals surface area (Å²) in [5, 5.41) is 13.6. The van der Waals surface area contributed by atoms with Crippen LogP contribution in [0.5, 0.6) is 11.5 Å². The van der Waals surface area contributed by atoms with Crippen LogP contribution in [0.3, 0.4) is 0 Å². The summed E-state index contributed by atoms with van der Waals surface area (Å²) in [6.45, 7) is 4.53. The number of nitro benzene ring substituents is 1. The lowest BCUT2D eigenvalue weighted by molar-refractivity contribution is -0.384. The second-order valence-corrected chi connectivity index (χ2v) is 8.07. The van der Waals surface area contributed by atoms with Gasteiger partial charge in [0.2, 0.25) is 0 Å². The maximum absolute atomic E-state index is 11.9. The second kappa shape index (κ2) is 9.06. The summed E-state index contributed by atoms with van der Waals surface area (Å²) in [7, 11) is 0. The van der Waals surface area contributed by atoms with Crippen molar-refractivity contribution >= 4 is 46.0 Å². The van der Waals surface area contributed by atoms with E-state index >= 15 is 0 Å². The molecule has 150 valence electrons. The fourth-order valence-corrected chi connectivity index (χ4v) is 3.82. The number of non-ortho nitro benzene ring substituents is 1. The minimum atomic E-state index is -0.499. The predicted octanol–water partition coefficient (Wildman–Crippen LogP) is 4.16. The zero-order chi connectivity index (χ0) is 21.0. The smallest absolute Gasteiger partial charge is 0.270 e. The molecule has 1 N–H and O–H groups in total. The standard InChI is InChI=1S/C20H18N2O5S2/c1-12-7-13(2)9-16(8-12)26-5-6-27-17-4-3-15(22(24)25)10-14(17)11-18-19(23)21-20(28)29-18/h3-4,7-11H,5-6H2,1-2H3,(H,21,23,28)/b18-11-. The number of thioether (sulfide) groups is 1. The molecule has 0 bridgehead atoms. The number of nitrogens with zero attached hydrogens (tertiary/aromatic N) is 1. The van der Waals surface area contributed by atoms with Gasteiger partial charge in [-0.15, -0.1) is 0 Å². The number of aryl methyl sites for hydroxylation is 2. The third-order valence-corrected chi connectivity index (χ3v) is 5.10. The van der Waals surface area contributed by atoms with Gasteiger partial charge in [-0.05, 0) is 49.2 Å². The molecule has 0 aromatic heterocycles. The van der Waals surface area contributed by atoms with Crippen molar-refractivity contribution in [1.82, 2.24) is 5.32 Å². The molecule has 7 nitrogen and oxygen atoms in total. The SMILES string of the molecule is Cc1cc(C)cc(OCCOc2ccc([N+](=O)[O-])cc2/C=C2\SC(=S)NC2=O)c1. The summed E-state index contributed by atoms with van der Waals surface area (Å²) >= 11 is 6.08. The zero-order valence-corrected chi connectivity index (χ0v) is 17.4. The summed E-state index contributed by atoms with van der Waals surface area (Å²) in [5.74, 6) is 0.832. The normalized spacial score (nSPS) is 14.8. The van der Waals surface area contributed by atoms with Crippen molar-refractivity contribution in [2.75, 3.05) is 13.2 Å². The molecule has 2 aromatic rings. The number of nitro groups is 1. The Morgan fingerprint density at radius 2 is 1.83 bits per heavy atom. The highest BCUT2D eigenvalue weighted by Gasteiger charge is 2.23. The predicted molar refractivity (Wildman–Crippen MR) is 116 cm³/mol. The molecule has 3 rings (SSSR count). The molecule has 1 saturated heterocycles. The van der Waals surface area contributed by atoms with Crippen LogP contribution in [0, 0.1) is 24.0 Å². The summed E-state index contributed by atoms with van der Waals surface area (Å²) < 4.78 is 11.8. The summed E-state index contributed by atoms with van der Waals surface area (Å²) in [6.07, 6.45) is 1.53. The molecule has 0 radical (unpaired) electrons. The Kier molecular flexibility index (Phi) is 6.50. The fourth-order valence-electron chi connectivity index (χ4n) is 2.78. The number of hydrogen-bond donors (Lipinski definition) is 1. The lowest BCUT2D eigenvalue weighted by Gasteiger charge is -2.11. The van der Waals surface area contributed by atoms with E-state index in [-0.39, 0.29) is 18.2 Å². The molecule has 1 aliphatic heterocycles. The quantitative estimate of drug-likeness (QED) is 0.232. The van der Waals surface area contributed by atoms with Crippen LogP contribution in [0.1, 0.15) is 16.7 Å². The maximum atomic E-state index is 11.9. The van der Waals surface area contributed by atoms with Gasteiger partial charge in [0.25, 0.3) is 11.6 Å². The molecule has 0 spiro atoms.